The lowest BCUT2D eigenvalue weighted by Crippen LogP contribution is -2.15. The number of aromatic nitrogens is 4. The number of nitrogens with zero attached hydrogens (tertiary/aromatic N) is 4. The number of rotatable bonds is 6. The van der Waals surface area contributed by atoms with Gasteiger partial charge < -0.3 is 9.84 Å². The van der Waals surface area contributed by atoms with Crippen LogP contribution in [0, 0.1) is 6.92 Å². The van der Waals surface area contributed by atoms with Gasteiger partial charge in [0.2, 0.25) is 11.1 Å². The van der Waals surface area contributed by atoms with Crippen molar-refractivity contribution in [3.05, 3.63) is 23.2 Å². The minimum absolute atomic E-state index is 0.186. The topological polar surface area (TPSA) is 93.8 Å². The highest BCUT2D eigenvalue weighted by Crippen LogP contribution is 2.15. The summed E-state index contributed by atoms with van der Waals surface area (Å²) in [4.78, 5) is 16.2. The van der Waals surface area contributed by atoms with E-state index in [1.54, 1.807) is 13.0 Å². The van der Waals surface area contributed by atoms with Crippen LogP contribution < -0.4 is 5.32 Å². The second-order valence-electron chi connectivity index (χ2n) is 4.35. The van der Waals surface area contributed by atoms with Gasteiger partial charge >= 0.3 is 0 Å². The maximum Gasteiger partial charge on any atom is 0.236 e. The molecule has 2 aromatic rings. The minimum Gasteiger partial charge on any atom is -0.360 e. The van der Waals surface area contributed by atoms with Crippen LogP contribution in [-0.2, 0) is 17.6 Å². The third kappa shape index (κ3) is 4.25. The van der Waals surface area contributed by atoms with Crippen molar-refractivity contribution in [3.8, 4) is 0 Å². The number of nitrogens with one attached hydrogen (secondary N) is 1. The molecule has 1 N–H and O–H groups in total. The molecule has 8 heteroatoms. The van der Waals surface area contributed by atoms with Crippen molar-refractivity contribution in [1.29, 1.82) is 0 Å². The number of carbonyl (C=O) groups is 1. The Morgan fingerprint density at radius 1 is 1.29 bits per heavy atom. The highest BCUT2D eigenvalue weighted by atomic mass is 32.2. The van der Waals surface area contributed by atoms with Crippen LogP contribution in [0.15, 0.2) is 15.7 Å². The molecule has 0 unspecified atom stereocenters. The molecule has 0 atom stereocenters. The van der Waals surface area contributed by atoms with E-state index in [9.17, 15) is 4.79 Å². The van der Waals surface area contributed by atoms with Gasteiger partial charge in [-0.2, -0.15) is 5.10 Å². The van der Waals surface area contributed by atoms with Crippen molar-refractivity contribution < 1.29 is 9.32 Å². The summed E-state index contributed by atoms with van der Waals surface area (Å²) in [6.45, 7) is 5.81. The summed E-state index contributed by atoms with van der Waals surface area (Å²) >= 11 is 1.25. The second-order valence-corrected chi connectivity index (χ2v) is 5.30. The van der Waals surface area contributed by atoms with Gasteiger partial charge in [0.05, 0.1) is 17.1 Å². The largest absolute Gasteiger partial charge is 0.360 e. The smallest absolute Gasteiger partial charge is 0.236 e. The van der Waals surface area contributed by atoms with Crippen molar-refractivity contribution in [3.63, 3.8) is 0 Å². The minimum atomic E-state index is -0.186. The van der Waals surface area contributed by atoms with Crippen LogP contribution in [0.5, 0.6) is 0 Å². The Kier molecular flexibility index (Phi) is 5.26. The van der Waals surface area contributed by atoms with Gasteiger partial charge in [0, 0.05) is 6.07 Å². The molecule has 0 bridgehead atoms. The number of hydrogen-bond donors (Lipinski definition) is 1. The summed E-state index contributed by atoms with van der Waals surface area (Å²) in [7, 11) is 0. The third-order valence-electron chi connectivity index (χ3n) is 2.72. The van der Waals surface area contributed by atoms with E-state index in [1.165, 1.54) is 11.8 Å². The molecule has 0 aliphatic carbocycles. The van der Waals surface area contributed by atoms with Crippen LogP contribution in [0.3, 0.4) is 0 Å². The molecule has 7 nitrogen and oxygen atoms in total. The van der Waals surface area contributed by atoms with E-state index >= 15 is 0 Å². The van der Waals surface area contributed by atoms with Gasteiger partial charge in [-0.3, -0.25) is 4.79 Å². The molecule has 0 aromatic carbocycles. The maximum absolute atomic E-state index is 11.8. The standard InChI is InChI=1S/C13H17N5O2S/c1-4-9-10(5-2)16-17-13(14-9)21-7-12(19)15-11-6-8(3)20-18-11/h6H,4-5,7H2,1-3H3,(H,15,18,19). The monoisotopic (exact) mass is 307 g/mol. The zero-order valence-electron chi connectivity index (χ0n) is 12.2. The Hall–Kier alpha value is -1.96. The zero-order chi connectivity index (χ0) is 15.2. The van der Waals surface area contributed by atoms with Crippen molar-refractivity contribution in [2.75, 3.05) is 11.1 Å². The average molecular weight is 307 g/mol. The molecule has 0 radical (unpaired) electrons. The molecule has 0 fully saturated rings. The first-order valence-electron chi connectivity index (χ1n) is 6.70. The van der Waals surface area contributed by atoms with Crippen molar-refractivity contribution in [1.82, 2.24) is 20.3 Å². The van der Waals surface area contributed by atoms with Gasteiger partial charge in [-0.1, -0.05) is 30.8 Å². The van der Waals surface area contributed by atoms with E-state index in [2.05, 4.69) is 25.7 Å². The first kappa shape index (κ1) is 15.4. The molecule has 112 valence electrons. The Balaban J connectivity index is 1.91. The van der Waals surface area contributed by atoms with Gasteiger partial charge in [-0.15, -0.1) is 5.10 Å². The van der Waals surface area contributed by atoms with E-state index in [4.69, 9.17) is 4.52 Å². The number of aryl methyl sites for hydroxylation is 3. The van der Waals surface area contributed by atoms with Gasteiger partial charge in [0.1, 0.15) is 5.76 Å². The number of amides is 1. The lowest BCUT2D eigenvalue weighted by molar-refractivity contribution is -0.113. The molecule has 1 amide bonds. The normalized spacial score (nSPS) is 10.6. The molecule has 2 aromatic heterocycles. The molecule has 0 saturated carbocycles. The van der Waals surface area contributed by atoms with Crippen molar-refractivity contribution >= 4 is 23.5 Å². The highest BCUT2D eigenvalue weighted by molar-refractivity contribution is 7.99. The molecule has 0 spiro atoms. The molecule has 21 heavy (non-hydrogen) atoms. The lowest BCUT2D eigenvalue weighted by Gasteiger charge is -2.05. The molecule has 0 aliphatic heterocycles. The Morgan fingerprint density at radius 2 is 2.05 bits per heavy atom. The number of hydrogen-bond acceptors (Lipinski definition) is 7. The number of thioether (sulfide) groups is 1. The van der Waals surface area contributed by atoms with Crippen LogP contribution in [0.4, 0.5) is 5.82 Å². The molecular weight excluding hydrogens is 290 g/mol. The van der Waals surface area contributed by atoms with E-state index < -0.39 is 0 Å². The number of carbonyl (C=O) groups excluding carboxylic acids is 1. The molecular formula is C13H17N5O2S. The Morgan fingerprint density at radius 3 is 2.67 bits per heavy atom. The summed E-state index contributed by atoms with van der Waals surface area (Å²) in [5.41, 5.74) is 1.84. The summed E-state index contributed by atoms with van der Waals surface area (Å²) in [6, 6.07) is 1.66. The Labute approximate surface area is 126 Å². The zero-order valence-corrected chi connectivity index (χ0v) is 13.0. The lowest BCUT2D eigenvalue weighted by atomic mass is 10.2. The maximum atomic E-state index is 11.8. The van der Waals surface area contributed by atoms with Crippen molar-refractivity contribution in [2.24, 2.45) is 0 Å². The van der Waals surface area contributed by atoms with Gasteiger partial charge in [0.15, 0.2) is 5.82 Å². The third-order valence-corrected chi connectivity index (χ3v) is 3.56. The SMILES string of the molecule is CCc1nnc(SCC(=O)Nc2cc(C)on2)nc1CC. The fourth-order valence-corrected chi connectivity index (χ4v) is 2.32. The number of anilines is 1. The van der Waals surface area contributed by atoms with Gasteiger partial charge in [-0.25, -0.2) is 4.98 Å². The fourth-order valence-electron chi connectivity index (χ4n) is 1.72. The van der Waals surface area contributed by atoms with E-state index in [-0.39, 0.29) is 11.7 Å². The predicted octanol–water partition coefficient (Wildman–Crippen LogP) is 2.02. The van der Waals surface area contributed by atoms with E-state index in [0.29, 0.717) is 16.7 Å². The summed E-state index contributed by atoms with van der Waals surface area (Å²) < 4.78 is 4.88. The van der Waals surface area contributed by atoms with Gasteiger partial charge in [0.25, 0.3) is 0 Å². The first-order valence-corrected chi connectivity index (χ1v) is 7.69. The highest BCUT2D eigenvalue weighted by Gasteiger charge is 2.10. The van der Waals surface area contributed by atoms with E-state index in [0.717, 1.165) is 24.2 Å². The summed E-state index contributed by atoms with van der Waals surface area (Å²) in [5, 5.41) is 15.0. The average Bonchev–Trinajstić information content (AvgIpc) is 2.89. The molecule has 0 aliphatic rings. The van der Waals surface area contributed by atoms with Crippen molar-refractivity contribution in [2.45, 2.75) is 38.8 Å². The van der Waals surface area contributed by atoms with Crippen LogP contribution in [-0.4, -0.2) is 32.0 Å². The second kappa shape index (κ2) is 7.16. The fraction of sp³-hybridized carbons (Fsp3) is 0.462. The molecule has 2 rings (SSSR count). The molecule has 0 saturated heterocycles. The predicted molar refractivity (Wildman–Crippen MR) is 79.2 cm³/mol. The quantitative estimate of drug-likeness (QED) is 0.816. The molecule has 2 heterocycles. The van der Waals surface area contributed by atoms with Crippen LogP contribution in [0.2, 0.25) is 0 Å². The van der Waals surface area contributed by atoms with E-state index in [1.807, 2.05) is 13.8 Å². The van der Waals surface area contributed by atoms with Crippen LogP contribution >= 0.6 is 11.8 Å². The van der Waals surface area contributed by atoms with Crippen LogP contribution in [0.1, 0.15) is 31.0 Å². The summed E-state index contributed by atoms with van der Waals surface area (Å²) in [5.74, 6) is 1.07. The van der Waals surface area contributed by atoms with Gasteiger partial charge in [-0.05, 0) is 19.8 Å². The van der Waals surface area contributed by atoms with Crippen LogP contribution in [0.25, 0.3) is 0 Å². The Bertz CT molecular complexity index is 629. The summed E-state index contributed by atoms with van der Waals surface area (Å²) in [6.07, 6.45) is 1.61. The first-order chi connectivity index (χ1) is 10.1.